The molecule has 106 valence electrons. The molecule has 0 saturated carbocycles. The molecule has 1 aliphatic heterocycles. The molecular weight excluding hydrogens is 240 g/mol. The fourth-order valence-corrected chi connectivity index (χ4v) is 2.78. The number of aliphatic hydroxyl groups is 1. The van der Waals surface area contributed by atoms with Crippen molar-refractivity contribution < 1.29 is 5.11 Å². The molecule has 0 aromatic carbocycles. The van der Waals surface area contributed by atoms with E-state index in [9.17, 15) is 0 Å². The van der Waals surface area contributed by atoms with Crippen molar-refractivity contribution in [2.45, 2.75) is 20.3 Å². The monoisotopic (exact) mass is 264 g/mol. The second-order valence-electron chi connectivity index (χ2n) is 5.04. The molecule has 0 unspecified atom stereocenters. The van der Waals surface area contributed by atoms with Gasteiger partial charge >= 0.3 is 0 Å². The number of nitrogen functional groups attached to an aromatic ring is 1. The van der Waals surface area contributed by atoms with E-state index in [1.807, 2.05) is 13.0 Å². The number of rotatable bonds is 4. The number of piperazine rings is 1. The third-order valence-corrected chi connectivity index (χ3v) is 3.81. The van der Waals surface area contributed by atoms with E-state index in [0.29, 0.717) is 5.82 Å². The van der Waals surface area contributed by atoms with Crippen LogP contribution in [-0.4, -0.2) is 54.3 Å². The number of hydrogen-bond donors (Lipinski definition) is 2. The van der Waals surface area contributed by atoms with Crippen LogP contribution in [0.1, 0.15) is 18.2 Å². The lowest BCUT2D eigenvalue weighted by Crippen LogP contribution is -2.47. The number of aromatic nitrogens is 1. The predicted octanol–water partition coefficient (Wildman–Crippen LogP) is 0.649. The van der Waals surface area contributed by atoms with E-state index in [1.165, 1.54) is 11.3 Å². The van der Waals surface area contributed by atoms with Crippen LogP contribution in [0.3, 0.4) is 0 Å². The summed E-state index contributed by atoms with van der Waals surface area (Å²) in [5, 5.41) is 8.98. The topological polar surface area (TPSA) is 65.6 Å². The molecule has 2 heterocycles. The van der Waals surface area contributed by atoms with Crippen LogP contribution in [0.2, 0.25) is 0 Å². The third kappa shape index (κ3) is 3.16. The van der Waals surface area contributed by atoms with Gasteiger partial charge in [-0.3, -0.25) is 4.90 Å². The number of anilines is 2. The Morgan fingerprint density at radius 3 is 2.58 bits per heavy atom. The highest BCUT2D eigenvalue weighted by molar-refractivity contribution is 5.60. The van der Waals surface area contributed by atoms with Gasteiger partial charge in [-0.05, 0) is 18.9 Å². The SMILES string of the molecule is CCc1c(N2CCN(CCO)CC2)cc(N)nc1C. The van der Waals surface area contributed by atoms with Gasteiger partial charge in [0.15, 0.2) is 0 Å². The largest absolute Gasteiger partial charge is 0.395 e. The van der Waals surface area contributed by atoms with Crippen LogP contribution in [0.5, 0.6) is 0 Å². The molecule has 1 aromatic rings. The molecule has 2 rings (SSSR count). The van der Waals surface area contributed by atoms with Crippen molar-refractivity contribution >= 4 is 11.5 Å². The number of β-amino-alcohol motifs (C(OH)–C–C–N with tert-alkyl or cyclic N) is 1. The van der Waals surface area contributed by atoms with Crippen molar-refractivity contribution in [3.63, 3.8) is 0 Å². The van der Waals surface area contributed by atoms with Crippen molar-refractivity contribution in [1.29, 1.82) is 0 Å². The van der Waals surface area contributed by atoms with E-state index >= 15 is 0 Å². The quantitative estimate of drug-likeness (QED) is 0.836. The first-order chi connectivity index (χ1) is 9.15. The zero-order valence-electron chi connectivity index (χ0n) is 11.9. The average Bonchev–Trinajstić information content (AvgIpc) is 2.39. The zero-order chi connectivity index (χ0) is 13.8. The molecule has 1 fully saturated rings. The van der Waals surface area contributed by atoms with Crippen LogP contribution in [0.15, 0.2) is 6.07 Å². The van der Waals surface area contributed by atoms with Gasteiger partial charge in [-0.1, -0.05) is 6.92 Å². The van der Waals surface area contributed by atoms with E-state index in [2.05, 4.69) is 21.7 Å². The number of pyridine rings is 1. The fraction of sp³-hybridized carbons (Fsp3) is 0.643. The van der Waals surface area contributed by atoms with Gasteiger partial charge in [-0.25, -0.2) is 4.98 Å². The second kappa shape index (κ2) is 6.21. The molecule has 19 heavy (non-hydrogen) atoms. The molecule has 3 N–H and O–H groups in total. The lowest BCUT2D eigenvalue weighted by molar-refractivity contribution is 0.188. The summed E-state index contributed by atoms with van der Waals surface area (Å²) in [5.41, 5.74) is 9.45. The van der Waals surface area contributed by atoms with Crippen LogP contribution in [-0.2, 0) is 6.42 Å². The van der Waals surface area contributed by atoms with Crippen LogP contribution >= 0.6 is 0 Å². The number of aryl methyl sites for hydroxylation is 1. The minimum absolute atomic E-state index is 0.238. The number of hydrogen-bond acceptors (Lipinski definition) is 5. The Labute approximate surface area is 115 Å². The maximum absolute atomic E-state index is 8.98. The first kappa shape index (κ1) is 14.1. The Balaban J connectivity index is 2.15. The summed E-state index contributed by atoms with van der Waals surface area (Å²) in [7, 11) is 0. The molecule has 0 radical (unpaired) electrons. The van der Waals surface area contributed by atoms with Gasteiger partial charge in [-0.15, -0.1) is 0 Å². The van der Waals surface area contributed by atoms with Crippen LogP contribution < -0.4 is 10.6 Å². The third-order valence-electron chi connectivity index (χ3n) is 3.81. The molecule has 1 aromatic heterocycles. The molecule has 0 bridgehead atoms. The molecule has 0 amide bonds. The maximum atomic E-state index is 8.98. The Bertz CT molecular complexity index is 428. The standard InChI is InChI=1S/C14H24N4O/c1-3-12-11(2)16-14(15)10-13(12)18-6-4-17(5-7-18)8-9-19/h10,19H,3-9H2,1-2H3,(H2,15,16). The highest BCUT2D eigenvalue weighted by atomic mass is 16.3. The molecule has 1 aliphatic rings. The smallest absolute Gasteiger partial charge is 0.125 e. The molecule has 5 nitrogen and oxygen atoms in total. The molecule has 0 spiro atoms. The van der Waals surface area contributed by atoms with Crippen LogP contribution in [0.25, 0.3) is 0 Å². The molecule has 0 aliphatic carbocycles. The summed E-state index contributed by atoms with van der Waals surface area (Å²) in [6, 6.07) is 1.99. The van der Waals surface area contributed by atoms with Gasteiger partial charge in [0.2, 0.25) is 0 Å². The summed E-state index contributed by atoms with van der Waals surface area (Å²) in [6.45, 7) is 9.14. The summed E-state index contributed by atoms with van der Waals surface area (Å²) < 4.78 is 0. The lowest BCUT2D eigenvalue weighted by Gasteiger charge is -2.37. The first-order valence-corrected chi connectivity index (χ1v) is 6.99. The molecule has 5 heteroatoms. The predicted molar refractivity (Wildman–Crippen MR) is 78.5 cm³/mol. The van der Waals surface area contributed by atoms with E-state index in [1.54, 1.807) is 0 Å². The fourth-order valence-electron chi connectivity index (χ4n) is 2.78. The minimum atomic E-state index is 0.238. The van der Waals surface area contributed by atoms with Crippen molar-refractivity contribution in [3.8, 4) is 0 Å². The van der Waals surface area contributed by atoms with Crippen molar-refractivity contribution in [2.24, 2.45) is 0 Å². The zero-order valence-corrected chi connectivity index (χ0v) is 11.9. The Hall–Kier alpha value is -1.33. The first-order valence-electron chi connectivity index (χ1n) is 6.99. The minimum Gasteiger partial charge on any atom is -0.395 e. The highest BCUT2D eigenvalue weighted by Gasteiger charge is 2.19. The van der Waals surface area contributed by atoms with Gasteiger partial charge in [0.25, 0.3) is 0 Å². The van der Waals surface area contributed by atoms with Gasteiger partial charge < -0.3 is 15.7 Å². The lowest BCUT2D eigenvalue weighted by atomic mass is 10.1. The molecular formula is C14H24N4O. The second-order valence-corrected chi connectivity index (χ2v) is 5.04. The van der Waals surface area contributed by atoms with Crippen molar-refractivity contribution in [1.82, 2.24) is 9.88 Å². The number of nitrogens with zero attached hydrogens (tertiary/aromatic N) is 3. The van der Waals surface area contributed by atoms with E-state index in [-0.39, 0.29) is 6.61 Å². The Morgan fingerprint density at radius 1 is 1.32 bits per heavy atom. The van der Waals surface area contributed by atoms with Gasteiger partial charge in [0.1, 0.15) is 5.82 Å². The van der Waals surface area contributed by atoms with Crippen molar-refractivity contribution in [2.75, 3.05) is 50.0 Å². The normalized spacial score (nSPS) is 16.9. The molecule has 0 atom stereocenters. The van der Waals surface area contributed by atoms with E-state index < -0.39 is 0 Å². The number of nitrogens with two attached hydrogens (primary N) is 1. The summed E-state index contributed by atoms with van der Waals surface area (Å²) in [5.74, 6) is 0.600. The van der Waals surface area contributed by atoms with Crippen molar-refractivity contribution in [3.05, 3.63) is 17.3 Å². The number of aliphatic hydroxyl groups excluding tert-OH is 1. The summed E-state index contributed by atoms with van der Waals surface area (Å²) in [6.07, 6.45) is 0.977. The summed E-state index contributed by atoms with van der Waals surface area (Å²) in [4.78, 5) is 9.03. The Kier molecular flexibility index (Phi) is 4.61. The summed E-state index contributed by atoms with van der Waals surface area (Å²) >= 11 is 0. The van der Waals surface area contributed by atoms with Gasteiger partial charge in [0.05, 0.1) is 6.61 Å². The van der Waals surface area contributed by atoms with Crippen LogP contribution in [0, 0.1) is 6.92 Å². The van der Waals surface area contributed by atoms with E-state index in [0.717, 1.165) is 44.8 Å². The van der Waals surface area contributed by atoms with Gasteiger partial charge in [-0.2, -0.15) is 0 Å². The molecule has 1 saturated heterocycles. The van der Waals surface area contributed by atoms with Gasteiger partial charge in [0, 0.05) is 50.2 Å². The van der Waals surface area contributed by atoms with Crippen LogP contribution in [0.4, 0.5) is 11.5 Å². The Morgan fingerprint density at radius 2 is 2.00 bits per heavy atom. The van der Waals surface area contributed by atoms with E-state index in [4.69, 9.17) is 10.8 Å². The maximum Gasteiger partial charge on any atom is 0.125 e. The highest BCUT2D eigenvalue weighted by Crippen LogP contribution is 2.26. The average molecular weight is 264 g/mol.